The van der Waals surface area contributed by atoms with Crippen LogP contribution in [0.5, 0.6) is 0 Å². The topological polar surface area (TPSA) is 101 Å². The van der Waals surface area contributed by atoms with Crippen molar-refractivity contribution in [1.29, 1.82) is 0 Å². The minimum absolute atomic E-state index is 0.0250. The van der Waals surface area contributed by atoms with Crippen LogP contribution in [-0.2, 0) is 19.0 Å². The Morgan fingerprint density at radius 3 is 2.70 bits per heavy atom. The molecule has 2 aliphatic heterocycles. The van der Waals surface area contributed by atoms with Crippen LogP contribution in [0.25, 0.3) is 0 Å². The summed E-state index contributed by atoms with van der Waals surface area (Å²) in [5.41, 5.74) is 5.46. The van der Waals surface area contributed by atoms with Gasteiger partial charge in [-0.05, 0) is 13.8 Å². The maximum Gasteiger partial charge on any atom is 0.268 e. The van der Waals surface area contributed by atoms with Crippen molar-refractivity contribution in [2.24, 2.45) is 5.73 Å². The number of fused-ring (bicyclic) bond motifs is 1. The van der Waals surface area contributed by atoms with Gasteiger partial charge in [-0.25, -0.2) is 4.98 Å². The van der Waals surface area contributed by atoms with Crippen LogP contribution < -0.4 is 5.73 Å². The van der Waals surface area contributed by atoms with E-state index in [1.807, 2.05) is 13.8 Å². The van der Waals surface area contributed by atoms with Gasteiger partial charge in [-0.15, -0.1) is 11.3 Å². The minimum Gasteiger partial charge on any atom is -0.364 e. The van der Waals surface area contributed by atoms with E-state index in [0.717, 1.165) is 0 Å². The van der Waals surface area contributed by atoms with E-state index in [-0.39, 0.29) is 29.1 Å². The van der Waals surface area contributed by atoms with Crippen molar-refractivity contribution < 1.29 is 23.8 Å². The average molecular weight is 358 g/mol. The summed E-state index contributed by atoms with van der Waals surface area (Å²) in [5, 5.41) is 2.26. The second-order valence-electron chi connectivity index (χ2n) is 5.90. The quantitative estimate of drug-likeness (QED) is 0.870. The first-order valence-electron chi connectivity index (χ1n) is 7.16. The summed E-state index contributed by atoms with van der Waals surface area (Å²) < 4.78 is 17.9. The zero-order chi connectivity index (χ0) is 16.8. The molecule has 9 heteroatoms. The van der Waals surface area contributed by atoms with Crippen LogP contribution in [-0.4, -0.2) is 45.9 Å². The highest BCUT2D eigenvalue weighted by Crippen LogP contribution is 2.46. The number of ether oxygens (including phenoxy) is 3. The highest BCUT2D eigenvalue weighted by atomic mass is 32.2. The van der Waals surface area contributed by atoms with E-state index in [2.05, 4.69) is 4.98 Å². The van der Waals surface area contributed by atoms with E-state index in [9.17, 15) is 9.59 Å². The first-order chi connectivity index (χ1) is 10.8. The van der Waals surface area contributed by atoms with Crippen LogP contribution >= 0.6 is 23.1 Å². The Bertz CT molecular complexity index is 632. The monoisotopic (exact) mass is 358 g/mol. The molecular formula is C14H18N2O5S2. The summed E-state index contributed by atoms with van der Waals surface area (Å²) in [6.45, 7) is 5.20. The van der Waals surface area contributed by atoms with Gasteiger partial charge in [0.2, 0.25) is 0 Å². The molecule has 23 heavy (non-hydrogen) atoms. The first kappa shape index (κ1) is 16.8. The molecule has 4 unspecified atom stereocenters. The lowest BCUT2D eigenvalue weighted by Crippen LogP contribution is -2.31. The van der Waals surface area contributed by atoms with Gasteiger partial charge in [0.25, 0.3) is 5.91 Å². The molecule has 2 fully saturated rings. The van der Waals surface area contributed by atoms with Gasteiger partial charge in [0.05, 0.1) is 6.10 Å². The number of hydrogen-bond donors (Lipinski definition) is 1. The summed E-state index contributed by atoms with van der Waals surface area (Å²) in [6, 6.07) is 0. The molecule has 0 saturated carbocycles. The molecule has 0 aliphatic carbocycles. The Morgan fingerprint density at radius 1 is 1.39 bits per heavy atom. The molecule has 2 aliphatic rings. The molecule has 3 heterocycles. The number of aromatic nitrogens is 1. The van der Waals surface area contributed by atoms with E-state index in [0.29, 0.717) is 10.8 Å². The normalized spacial score (nSPS) is 32.0. The van der Waals surface area contributed by atoms with Gasteiger partial charge < -0.3 is 19.9 Å². The summed E-state index contributed by atoms with van der Waals surface area (Å²) >= 11 is 2.50. The molecule has 2 saturated heterocycles. The highest BCUT2D eigenvalue weighted by Gasteiger charge is 2.56. The molecule has 0 aromatic carbocycles. The molecular weight excluding hydrogens is 340 g/mol. The second-order valence-corrected chi connectivity index (χ2v) is 7.98. The van der Waals surface area contributed by atoms with Crippen LogP contribution in [0.4, 0.5) is 0 Å². The molecule has 0 bridgehead atoms. The predicted molar refractivity (Wildman–Crippen MR) is 85.2 cm³/mol. The van der Waals surface area contributed by atoms with Crippen molar-refractivity contribution in [2.45, 2.75) is 51.0 Å². The van der Waals surface area contributed by atoms with E-state index in [4.69, 9.17) is 19.9 Å². The van der Waals surface area contributed by atoms with E-state index in [1.165, 1.54) is 30.0 Å². The third kappa shape index (κ3) is 3.43. The number of nitrogens with zero attached hydrogens (tertiary/aromatic N) is 1. The lowest BCUT2D eigenvalue weighted by molar-refractivity contribution is -0.185. The van der Waals surface area contributed by atoms with Crippen LogP contribution in [0, 0.1) is 0 Å². The van der Waals surface area contributed by atoms with Gasteiger partial charge >= 0.3 is 0 Å². The zero-order valence-corrected chi connectivity index (χ0v) is 14.6. The third-order valence-corrected chi connectivity index (χ3v) is 5.43. The van der Waals surface area contributed by atoms with Crippen molar-refractivity contribution in [2.75, 3.05) is 5.75 Å². The number of thiazole rings is 1. The fraction of sp³-hybridized carbons (Fsp3) is 0.643. The van der Waals surface area contributed by atoms with Gasteiger partial charge in [-0.2, -0.15) is 0 Å². The fourth-order valence-corrected chi connectivity index (χ4v) is 4.29. The number of hydrogen-bond acceptors (Lipinski definition) is 8. The lowest BCUT2D eigenvalue weighted by Gasteiger charge is -2.23. The Labute approximate surface area is 141 Å². The summed E-state index contributed by atoms with van der Waals surface area (Å²) in [6.07, 6.45) is -1.31. The van der Waals surface area contributed by atoms with E-state index < -0.39 is 17.8 Å². The molecule has 1 aromatic heterocycles. The molecule has 126 valence electrons. The lowest BCUT2D eigenvalue weighted by atomic mass is 10.1. The van der Waals surface area contributed by atoms with Crippen molar-refractivity contribution in [3.8, 4) is 0 Å². The smallest absolute Gasteiger partial charge is 0.268 e. The Hall–Kier alpha value is -1.00. The SMILES string of the molecule is CC(=O)SCC1OC(c2nc(C(N)=O)cs2)C2OC(C)(C)OC12. The van der Waals surface area contributed by atoms with Crippen LogP contribution in [0.1, 0.15) is 42.4 Å². The Kier molecular flexibility index (Phi) is 4.49. The van der Waals surface area contributed by atoms with Crippen molar-refractivity contribution in [3.63, 3.8) is 0 Å². The van der Waals surface area contributed by atoms with Gasteiger partial charge in [0.15, 0.2) is 10.9 Å². The van der Waals surface area contributed by atoms with Crippen molar-refractivity contribution in [1.82, 2.24) is 4.98 Å². The van der Waals surface area contributed by atoms with Gasteiger partial charge in [0.1, 0.15) is 29.0 Å². The summed E-state index contributed by atoms with van der Waals surface area (Å²) in [7, 11) is 0. The number of primary amides is 1. The van der Waals surface area contributed by atoms with Crippen molar-refractivity contribution >= 4 is 34.1 Å². The molecule has 1 aromatic rings. The zero-order valence-electron chi connectivity index (χ0n) is 13.0. The molecule has 3 rings (SSSR count). The number of nitrogens with two attached hydrogens (primary N) is 1. The van der Waals surface area contributed by atoms with E-state index in [1.54, 1.807) is 5.38 Å². The molecule has 0 spiro atoms. The average Bonchev–Trinajstić information content (AvgIpc) is 3.09. The Balaban J connectivity index is 1.82. The van der Waals surface area contributed by atoms with Gasteiger partial charge in [-0.1, -0.05) is 11.8 Å². The number of rotatable bonds is 4. The van der Waals surface area contributed by atoms with Crippen LogP contribution in [0.2, 0.25) is 0 Å². The number of amides is 1. The molecule has 7 nitrogen and oxygen atoms in total. The van der Waals surface area contributed by atoms with Crippen molar-refractivity contribution in [3.05, 3.63) is 16.1 Å². The minimum atomic E-state index is -0.722. The van der Waals surface area contributed by atoms with Crippen LogP contribution in [0.3, 0.4) is 0 Å². The summed E-state index contributed by atoms with van der Waals surface area (Å²) in [4.78, 5) is 26.7. The second kappa shape index (κ2) is 6.14. The molecule has 2 N–H and O–H groups in total. The Morgan fingerprint density at radius 2 is 2.09 bits per heavy atom. The fourth-order valence-electron chi connectivity index (χ4n) is 2.75. The van der Waals surface area contributed by atoms with Crippen LogP contribution in [0.15, 0.2) is 5.38 Å². The maximum atomic E-state index is 11.2. The van der Waals surface area contributed by atoms with Gasteiger partial charge in [-0.3, -0.25) is 9.59 Å². The predicted octanol–water partition coefficient (Wildman–Crippen LogP) is 1.48. The number of thioether (sulfide) groups is 1. The number of carbonyl (C=O) groups excluding carboxylic acids is 2. The highest BCUT2D eigenvalue weighted by molar-refractivity contribution is 8.13. The molecule has 4 atom stereocenters. The first-order valence-corrected chi connectivity index (χ1v) is 9.03. The molecule has 1 amide bonds. The standard InChI is InChI=1S/C14H18N2O5S2/c1-6(17)22-5-8-9-10(21-14(2,3)20-9)11(19-8)13-16-7(4-23-13)12(15)18/h4,8-11H,5H2,1-3H3,(H2,15,18). The third-order valence-electron chi connectivity index (χ3n) is 3.62. The summed E-state index contributed by atoms with van der Waals surface area (Å²) in [5.74, 6) is -0.810. The van der Waals surface area contributed by atoms with E-state index >= 15 is 0 Å². The number of carbonyl (C=O) groups is 2. The largest absolute Gasteiger partial charge is 0.364 e. The molecule has 0 radical (unpaired) electrons. The maximum absolute atomic E-state index is 11.2. The van der Waals surface area contributed by atoms with Gasteiger partial charge in [0, 0.05) is 18.1 Å².